The second-order valence-corrected chi connectivity index (χ2v) is 7.50. The Balaban J connectivity index is 1.84. The van der Waals surface area contributed by atoms with Crippen LogP contribution in [0.1, 0.15) is 31.8 Å². The zero-order valence-corrected chi connectivity index (χ0v) is 17.6. The maximum absolute atomic E-state index is 13.7. The lowest BCUT2D eigenvalue weighted by Crippen LogP contribution is -2.45. The van der Waals surface area contributed by atoms with Crippen molar-refractivity contribution in [2.24, 2.45) is 0 Å². The van der Waals surface area contributed by atoms with Crippen LogP contribution in [-0.4, -0.2) is 25.7 Å². The van der Waals surface area contributed by atoms with Crippen molar-refractivity contribution in [1.29, 1.82) is 0 Å². The summed E-state index contributed by atoms with van der Waals surface area (Å²) < 4.78 is 58.5. The molecule has 3 aromatic rings. The first-order valence-electron chi connectivity index (χ1n) is 9.85. The summed E-state index contributed by atoms with van der Waals surface area (Å²) in [5, 5.41) is 0. The molecule has 0 aliphatic carbocycles. The Bertz CT molecular complexity index is 1240. The number of nitrogens with zero attached hydrogens (tertiary/aromatic N) is 2. The van der Waals surface area contributed by atoms with E-state index in [9.17, 15) is 27.2 Å². The normalized spacial score (nSPS) is 13.7. The molecule has 170 valence electrons. The number of fused-ring (bicyclic) bond motifs is 1. The van der Waals surface area contributed by atoms with E-state index < -0.39 is 29.4 Å². The molecule has 0 atom stereocenters. The van der Waals surface area contributed by atoms with E-state index >= 15 is 0 Å². The molecule has 0 saturated carbocycles. The molecule has 0 saturated heterocycles. The average Bonchev–Trinajstić information content (AvgIpc) is 2.78. The molecule has 9 heteroatoms. The van der Waals surface area contributed by atoms with Crippen molar-refractivity contribution in [3.63, 3.8) is 0 Å². The van der Waals surface area contributed by atoms with Gasteiger partial charge in [-0.25, -0.2) is 9.18 Å². The molecular formula is C24H18F4N2O3. The van der Waals surface area contributed by atoms with E-state index in [1.165, 1.54) is 47.2 Å². The van der Waals surface area contributed by atoms with Gasteiger partial charge in [-0.2, -0.15) is 13.2 Å². The summed E-state index contributed by atoms with van der Waals surface area (Å²) in [6.45, 7) is 1.52. The van der Waals surface area contributed by atoms with Gasteiger partial charge in [0.25, 0.3) is 5.91 Å². The second kappa shape index (κ2) is 8.23. The Kier molecular flexibility index (Phi) is 5.57. The number of esters is 1. The van der Waals surface area contributed by atoms with Crippen LogP contribution in [0.2, 0.25) is 0 Å². The zero-order chi connectivity index (χ0) is 23.9. The van der Waals surface area contributed by atoms with E-state index in [4.69, 9.17) is 0 Å². The number of hydrogen-bond donors (Lipinski definition) is 0. The molecule has 0 unspecified atom stereocenters. The van der Waals surface area contributed by atoms with Gasteiger partial charge in [-0.1, -0.05) is 0 Å². The quantitative estimate of drug-likeness (QED) is 0.374. The van der Waals surface area contributed by atoms with E-state index in [1.54, 1.807) is 19.1 Å². The van der Waals surface area contributed by atoms with Crippen LogP contribution in [0.4, 0.5) is 34.6 Å². The van der Waals surface area contributed by atoms with Crippen molar-refractivity contribution in [2.75, 3.05) is 23.6 Å². The minimum atomic E-state index is -4.59. The van der Waals surface area contributed by atoms with E-state index in [0.29, 0.717) is 16.9 Å². The van der Waals surface area contributed by atoms with E-state index in [1.807, 2.05) is 0 Å². The van der Waals surface area contributed by atoms with Gasteiger partial charge in [-0.05, 0) is 73.2 Å². The van der Waals surface area contributed by atoms with Crippen LogP contribution >= 0.6 is 0 Å². The lowest BCUT2D eigenvalue weighted by Gasteiger charge is -2.39. The average molecular weight is 458 g/mol. The molecule has 1 aliphatic heterocycles. The Morgan fingerprint density at radius 1 is 0.939 bits per heavy atom. The summed E-state index contributed by atoms with van der Waals surface area (Å²) in [6, 6.07) is 12.9. The van der Waals surface area contributed by atoms with Gasteiger partial charge < -0.3 is 9.64 Å². The number of benzene rings is 3. The van der Waals surface area contributed by atoms with Gasteiger partial charge in [0.05, 0.1) is 29.5 Å². The molecule has 4 rings (SSSR count). The number of hydrogen-bond acceptors (Lipinski definition) is 4. The number of rotatable bonds is 3. The minimum Gasteiger partial charge on any atom is -0.465 e. The zero-order valence-electron chi connectivity index (χ0n) is 17.6. The summed E-state index contributed by atoms with van der Waals surface area (Å²) >= 11 is 0. The number of carbonyl (C=O) groups is 2. The number of halogens is 4. The lowest BCUT2D eigenvalue weighted by molar-refractivity contribution is -0.137. The molecule has 0 fully saturated rings. The van der Waals surface area contributed by atoms with Gasteiger partial charge in [0.1, 0.15) is 12.5 Å². The van der Waals surface area contributed by atoms with Gasteiger partial charge in [0.15, 0.2) is 0 Å². The first-order chi connectivity index (χ1) is 15.6. The van der Waals surface area contributed by atoms with Gasteiger partial charge in [-0.15, -0.1) is 0 Å². The van der Waals surface area contributed by atoms with Crippen molar-refractivity contribution in [3.8, 4) is 0 Å². The molecule has 0 N–H and O–H groups in total. The number of anilines is 3. The minimum absolute atomic E-state index is 0.0648. The van der Waals surface area contributed by atoms with Crippen LogP contribution in [-0.2, 0) is 10.9 Å². The highest BCUT2D eigenvalue weighted by Crippen LogP contribution is 2.40. The van der Waals surface area contributed by atoms with Gasteiger partial charge >= 0.3 is 12.1 Å². The molecule has 33 heavy (non-hydrogen) atoms. The molecule has 0 spiro atoms. The lowest BCUT2D eigenvalue weighted by atomic mass is 10.0. The second-order valence-electron chi connectivity index (χ2n) is 7.50. The summed E-state index contributed by atoms with van der Waals surface area (Å²) in [7, 11) is 1.25. The van der Waals surface area contributed by atoms with Crippen molar-refractivity contribution >= 4 is 28.9 Å². The summed E-state index contributed by atoms with van der Waals surface area (Å²) in [5.74, 6) is -1.52. The molecule has 3 aromatic carbocycles. The molecule has 1 amide bonds. The van der Waals surface area contributed by atoms with Crippen molar-refractivity contribution in [2.45, 2.75) is 13.1 Å². The highest BCUT2D eigenvalue weighted by atomic mass is 19.4. The number of alkyl halides is 3. The van der Waals surface area contributed by atoms with Gasteiger partial charge in [0.2, 0.25) is 0 Å². The summed E-state index contributed by atoms with van der Waals surface area (Å²) in [4.78, 5) is 27.9. The van der Waals surface area contributed by atoms with Gasteiger partial charge in [0, 0.05) is 11.4 Å². The summed E-state index contributed by atoms with van der Waals surface area (Å²) in [6.07, 6.45) is -4.59. The highest BCUT2D eigenvalue weighted by Gasteiger charge is 2.36. The molecule has 0 bridgehead atoms. The Labute approximate surface area is 186 Å². The molecule has 5 nitrogen and oxygen atoms in total. The maximum atomic E-state index is 13.7. The Morgan fingerprint density at radius 2 is 1.64 bits per heavy atom. The topological polar surface area (TPSA) is 49.9 Å². The number of aryl methyl sites for hydroxylation is 1. The molecule has 1 aliphatic rings. The first kappa shape index (κ1) is 22.3. The van der Waals surface area contributed by atoms with Crippen molar-refractivity contribution in [1.82, 2.24) is 0 Å². The van der Waals surface area contributed by atoms with Crippen LogP contribution in [0.3, 0.4) is 0 Å². The van der Waals surface area contributed by atoms with Crippen LogP contribution in [0, 0.1) is 12.7 Å². The van der Waals surface area contributed by atoms with Crippen LogP contribution in [0.15, 0.2) is 60.7 Å². The SMILES string of the molecule is COC(=O)c1ccc(N2CN(c3ccc(F)cc3C)c3cc(C(F)(F)F)ccc3C2=O)cc1. The number of amides is 1. The van der Waals surface area contributed by atoms with E-state index in [-0.39, 0.29) is 23.5 Å². The number of carbonyl (C=O) groups excluding carboxylic acids is 2. The smallest absolute Gasteiger partial charge is 0.416 e. The Hall–Kier alpha value is -3.88. The fraction of sp³-hybridized carbons (Fsp3) is 0.167. The van der Waals surface area contributed by atoms with Crippen molar-refractivity contribution in [3.05, 3.63) is 88.7 Å². The van der Waals surface area contributed by atoms with Crippen LogP contribution in [0.25, 0.3) is 0 Å². The fourth-order valence-electron chi connectivity index (χ4n) is 3.76. The maximum Gasteiger partial charge on any atom is 0.416 e. The largest absolute Gasteiger partial charge is 0.465 e. The molecule has 1 heterocycles. The third-order valence-corrected chi connectivity index (χ3v) is 5.42. The van der Waals surface area contributed by atoms with Crippen LogP contribution < -0.4 is 9.80 Å². The van der Waals surface area contributed by atoms with E-state index in [2.05, 4.69) is 4.74 Å². The van der Waals surface area contributed by atoms with Crippen molar-refractivity contribution < 1.29 is 31.9 Å². The summed E-state index contributed by atoms with van der Waals surface area (Å²) in [5.41, 5.74) is 0.918. The standard InChI is InChI=1S/C24H18F4N2O3/c1-14-11-17(25)6-10-20(14)30-13-29(18-7-3-15(4-8-18)23(32)33-2)22(31)19-9-5-16(12-21(19)30)24(26,27)28/h3-12H,13H2,1-2H3. The molecule has 0 aromatic heterocycles. The number of ether oxygens (including phenoxy) is 1. The van der Waals surface area contributed by atoms with Crippen LogP contribution in [0.5, 0.6) is 0 Å². The predicted molar refractivity (Wildman–Crippen MR) is 114 cm³/mol. The molecular weight excluding hydrogens is 440 g/mol. The first-order valence-corrected chi connectivity index (χ1v) is 9.85. The third-order valence-electron chi connectivity index (χ3n) is 5.42. The monoisotopic (exact) mass is 458 g/mol. The highest BCUT2D eigenvalue weighted by molar-refractivity contribution is 6.12. The van der Waals surface area contributed by atoms with Gasteiger partial charge in [-0.3, -0.25) is 9.69 Å². The third kappa shape index (κ3) is 4.13. The number of methoxy groups -OCH3 is 1. The van der Waals surface area contributed by atoms with E-state index in [0.717, 1.165) is 18.2 Å². The Morgan fingerprint density at radius 3 is 2.24 bits per heavy atom. The fourth-order valence-corrected chi connectivity index (χ4v) is 3.76. The molecule has 0 radical (unpaired) electrons. The predicted octanol–water partition coefficient (Wildman–Crippen LogP) is 5.70.